The molecule has 6 nitrogen and oxygen atoms in total. The summed E-state index contributed by atoms with van der Waals surface area (Å²) in [6.07, 6.45) is 5.83. The molecule has 2 heterocycles. The van der Waals surface area contributed by atoms with Crippen molar-refractivity contribution >= 4 is 29.3 Å². The van der Waals surface area contributed by atoms with Crippen LogP contribution in [0.4, 0.5) is 20.7 Å². The third-order valence-electron chi connectivity index (χ3n) is 4.87. The summed E-state index contributed by atoms with van der Waals surface area (Å²) >= 11 is 1.88. The van der Waals surface area contributed by atoms with Gasteiger partial charge in [0, 0.05) is 36.6 Å². The summed E-state index contributed by atoms with van der Waals surface area (Å²) in [6.45, 7) is 4.33. The van der Waals surface area contributed by atoms with Gasteiger partial charge in [0.2, 0.25) is 0 Å². The van der Waals surface area contributed by atoms with Gasteiger partial charge in [0.1, 0.15) is 11.6 Å². The highest BCUT2D eigenvalue weighted by Crippen LogP contribution is 2.27. The van der Waals surface area contributed by atoms with Crippen LogP contribution >= 0.6 is 11.8 Å². The number of carbonyl (C=O) groups excluding carboxylic acids is 1. The van der Waals surface area contributed by atoms with Crippen LogP contribution in [0.1, 0.15) is 25.8 Å². The van der Waals surface area contributed by atoms with E-state index in [4.69, 9.17) is 0 Å². The van der Waals surface area contributed by atoms with E-state index in [9.17, 15) is 9.18 Å². The number of urea groups is 1. The molecule has 2 amide bonds. The van der Waals surface area contributed by atoms with E-state index >= 15 is 0 Å². The Hall–Kier alpha value is -2.06. The van der Waals surface area contributed by atoms with Crippen LogP contribution in [0.3, 0.4) is 0 Å². The highest BCUT2D eigenvalue weighted by atomic mass is 32.2. The third-order valence-corrected chi connectivity index (χ3v) is 5.69. The molecule has 1 aromatic heterocycles. The minimum atomic E-state index is -0.409. The zero-order valence-electron chi connectivity index (χ0n) is 15.7. The largest absolute Gasteiger partial charge is 0.324 e. The van der Waals surface area contributed by atoms with Gasteiger partial charge < -0.3 is 5.32 Å². The molecule has 0 spiro atoms. The number of halogens is 1. The van der Waals surface area contributed by atoms with Gasteiger partial charge in [0.25, 0.3) is 0 Å². The van der Waals surface area contributed by atoms with Crippen LogP contribution in [0, 0.1) is 5.82 Å². The Morgan fingerprint density at radius 2 is 2.11 bits per heavy atom. The molecule has 0 aliphatic carbocycles. The molecule has 1 aromatic carbocycles. The van der Waals surface area contributed by atoms with E-state index in [1.165, 1.54) is 12.1 Å². The second-order valence-electron chi connectivity index (χ2n) is 6.82. The number of likely N-dealkylation sites (tertiary alicyclic amines) is 1. The van der Waals surface area contributed by atoms with E-state index in [1.54, 1.807) is 24.4 Å². The number of hydrogen-bond acceptors (Lipinski definition) is 4. The van der Waals surface area contributed by atoms with E-state index in [1.807, 2.05) is 16.4 Å². The van der Waals surface area contributed by atoms with Crippen molar-refractivity contribution in [3.63, 3.8) is 0 Å². The summed E-state index contributed by atoms with van der Waals surface area (Å²) in [5.74, 6) is 1.40. The SMILES string of the molecule is CSC[C@@H](C)N1CCC(n2nccc2NC(=O)Nc2cccc(F)c2)CC1. The predicted molar refractivity (Wildman–Crippen MR) is 109 cm³/mol. The molecule has 1 aliphatic heterocycles. The molecule has 3 rings (SSSR count). The van der Waals surface area contributed by atoms with Crippen molar-refractivity contribution in [2.24, 2.45) is 0 Å². The van der Waals surface area contributed by atoms with Crippen molar-refractivity contribution in [3.8, 4) is 0 Å². The van der Waals surface area contributed by atoms with E-state index in [-0.39, 0.29) is 11.9 Å². The van der Waals surface area contributed by atoms with E-state index in [2.05, 4.69) is 33.8 Å². The Bertz CT molecular complexity index is 760. The molecule has 146 valence electrons. The maximum absolute atomic E-state index is 13.2. The average Bonchev–Trinajstić information content (AvgIpc) is 3.10. The number of piperidine rings is 1. The molecular weight excluding hydrogens is 365 g/mol. The average molecular weight is 392 g/mol. The Morgan fingerprint density at radius 1 is 1.33 bits per heavy atom. The topological polar surface area (TPSA) is 62.2 Å². The highest BCUT2D eigenvalue weighted by molar-refractivity contribution is 7.98. The van der Waals surface area contributed by atoms with E-state index < -0.39 is 6.03 Å². The minimum Gasteiger partial charge on any atom is -0.308 e. The molecule has 27 heavy (non-hydrogen) atoms. The minimum absolute atomic E-state index is 0.266. The first-order valence-electron chi connectivity index (χ1n) is 9.17. The van der Waals surface area contributed by atoms with Crippen molar-refractivity contribution in [1.29, 1.82) is 0 Å². The van der Waals surface area contributed by atoms with E-state index in [0.29, 0.717) is 17.5 Å². The zero-order chi connectivity index (χ0) is 19.2. The molecule has 1 fully saturated rings. The first kappa shape index (κ1) is 19.7. The molecule has 0 unspecified atom stereocenters. The monoisotopic (exact) mass is 391 g/mol. The summed E-state index contributed by atoms with van der Waals surface area (Å²) in [5.41, 5.74) is 0.412. The number of nitrogens with one attached hydrogen (secondary N) is 2. The Morgan fingerprint density at radius 3 is 2.81 bits per heavy atom. The zero-order valence-corrected chi connectivity index (χ0v) is 16.5. The van der Waals surface area contributed by atoms with Gasteiger partial charge in [-0.15, -0.1) is 0 Å². The fourth-order valence-corrected chi connectivity index (χ4v) is 4.16. The van der Waals surface area contributed by atoms with Gasteiger partial charge in [-0.05, 0) is 44.2 Å². The second kappa shape index (κ2) is 9.23. The number of anilines is 2. The molecule has 0 bridgehead atoms. The maximum atomic E-state index is 13.2. The number of nitrogens with zero attached hydrogens (tertiary/aromatic N) is 3. The van der Waals surface area contributed by atoms with Crippen LogP contribution in [0.15, 0.2) is 36.5 Å². The second-order valence-corrected chi connectivity index (χ2v) is 7.73. The number of benzene rings is 1. The molecule has 1 atom stereocenters. The van der Waals surface area contributed by atoms with Gasteiger partial charge in [0.05, 0.1) is 12.2 Å². The summed E-state index contributed by atoms with van der Waals surface area (Å²) in [7, 11) is 0. The molecule has 2 aromatic rings. The maximum Gasteiger partial charge on any atom is 0.324 e. The van der Waals surface area contributed by atoms with E-state index in [0.717, 1.165) is 31.7 Å². The summed E-state index contributed by atoms with van der Waals surface area (Å²) < 4.78 is 15.1. The molecule has 8 heteroatoms. The van der Waals surface area contributed by atoms with Crippen molar-refractivity contribution in [3.05, 3.63) is 42.3 Å². The molecule has 0 radical (unpaired) electrons. The van der Waals surface area contributed by atoms with Crippen LogP contribution in [0.5, 0.6) is 0 Å². The predicted octanol–water partition coefficient (Wildman–Crippen LogP) is 4.05. The molecular formula is C19H26FN5OS. The van der Waals surface area contributed by atoms with Crippen LogP contribution in [-0.4, -0.2) is 51.9 Å². The van der Waals surface area contributed by atoms with Gasteiger partial charge >= 0.3 is 6.03 Å². The first-order valence-corrected chi connectivity index (χ1v) is 10.6. The van der Waals surface area contributed by atoms with Crippen LogP contribution in [-0.2, 0) is 0 Å². The van der Waals surface area contributed by atoms with Crippen LogP contribution in [0.25, 0.3) is 0 Å². The fraction of sp³-hybridized carbons (Fsp3) is 0.474. The van der Waals surface area contributed by atoms with Gasteiger partial charge in [-0.2, -0.15) is 16.9 Å². The molecule has 1 saturated heterocycles. The quantitative estimate of drug-likeness (QED) is 0.780. The Balaban J connectivity index is 1.57. The van der Waals surface area contributed by atoms with Crippen molar-refractivity contribution in [2.75, 3.05) is 35.7 Å². The van der Waals surface area contributed by atoms with Crippen molar-refractivity contribution in [1.82, 2.24) is 14.7 Å². The number of carbonyl (C=O) groups is 1. The van der Waals surface area contributed by atoms with Crippen LogP contribution < -0.4 is 10.6 Å². The lowest BCUT2D eigenvalue weighted by molar-refractivity contribution is 0.150. The number of rotatable bonds is 6. The Kier molecular flexibility index (Phi) is 6.73. The lowest BCUT2D eigenvalue weighted by atomic mass is 10.0. The summed E-state index contributed by atoms with van der Waals surface area (Å²) in [5, 5.41) is 9.88. The number of aromatic nitrogens is 2. The highest BCUT2D eigenvalue weighted by Gasteiger charge is 2.25. The smallest absolute Gasteiger partial charge is 0.308 e. The van der Waals surface area contributed by atoms with Crippen LogP contribution in [0.2, 0.25) is 0 Å². The van der Waals surface area contributed by atoms with Gasteiger partial charge in [0.15, 0.2) is 0 Å². The lowest BCUT2D eigenvalue weighted by Crippen LogP contribution is -2.41. The third kappa shape index (κ3) is 5.23. The normalized spacial score (nSPS) is 16.9. The Labute approximate surface area is 163 Å². The van der Waals surface area contributed by atoms with Gasteiger partial charge in [-0.1, -0.05) is 6.07 Å². The molecule has 1 aliphatic rings. The van der Waals surface area contributed by atoms with Crippen molar-refractivity contribution < 1.29 is 9.18 Å². The standard InChI is InChI=1S/C19H26FN5OS/c1-14(13-27-2)24-10-7-17(8-11-24)25-18(6-9-21-25)23-19(26)22-16-5-3-4-15(20)12-16/h3-6,9,12,14,17H,7-8,10-11,13H2,1-2H3,(H2,22,23,26)/t14-/m1/s1. The number of thioether (sulfide) groups is 1. The summed E-state index contributed by atoms with van der Waals surface area (Å²) in [4.78, 5) is 14.8. The lowest BCUT2D eigenvalue weighted by Gasteiger charge is -2.36. The van der Waals surface area contributed by atoms with Gasteiger partial charge in [-0.25, -0.2) is 13.9 Å². The molecule has 0 saturated carbocycles. The van der Waals surface area contributed by atoms with Gasteiger partial charge in [-0.3, -0.25) is 10.2 Å². The first-order chi connectivity index (χ1) is 13.1. The fourth-order valence-electron chi connectivity index (χ4n) is 3.47. The number of hydrogen-bond donors (Lipinski definition) is 2. The number of amides is 2. The summed E-state index contributed by atoms with van der Waals surface area (Å²) in [6, 6.07) is 8.04. The molecule has 2 N–H and O–H groups in total. The van der Waals surface area contributed by atoms with Crippen molar-refractivity contribution in [2.45, 2.75) is 31.8 Å².